The van der Waals surface area contributed by atoms with Crippen LogP contribution in [0.25, 0.3) is 16.4 Å². The molecule has 0 unspecified atom stereocenters. The first kappa shape index (κ1) is 12.8. The summed E-state index contributed by atoms with van der Waals surface area (Å²) in [6, 6.07) is 2.03. The average Bonchev–Trinajstić information content (AvgIpc) is 2.99. The van der Waals surface area contributed by atoms with E-state index in [1.165, 1.54) is 0 Å². The predicted molar refractivity (Wildman–Crippen MR) is 81.3 cm³/mol. The van der Waals surface area contributed by atoms with Crippen molar-refractivity contribution in [2.24, 2.45) is 7.05 Å². The molecule has 98 valence electrons. The topological polar surface area (TPSA) is 51.4 Å². The van der Waals surface area contributed by atoms with Crippen molar-refractivity contribution in [1.29, 1.82) is 0 Å². The van der Waals surface area contributed by atoms with Crippen LogP contribution in [0.2, 0.25) is 0 Å². The number of aromatic nitrogens is 5. The number of nitrogens with one attached hydrogen (secondary N) is 1. The highest BCUT2D eigenvalue weighted by molar-refractivity contribution is 9.10. The van der Waals surface area contributed by atoms with E-state index in [4.69, 9.17) is 12.2 Å². The van der Waals surface area contributed by atoms with Crippen molar-refractivity contribution in [2.45, 2.75) is 6.92 Å². The molecule has 0 fully saturated rings. The number of hydrogen-bond donors (Lipinski definition) is 1. The number of halogens is 1. The van der Waals surface area contributed by atoms with Crippen molar-refractivity contribution in [3.8, 4) is 16.4 Å². The second-order valence-electron chi connectivity index (χ2n) is 4.09. The van der Waals surface area contributed by atoms with E-state index in [0.29, 0.717) is 4.77 Å². The zero-order chi connectivity index (χ0) is 13.6. The van der Waals surface area contributed by atoms with Crippen LogP contribution in [0.3, 0.4) is 0 Å². The maximum absolute atomic E-state index is 5.33. The van der Waals surface area contributed by atoms with Crippen molar-refractivity contribution in [3.05, 3.63) is 32.6 Å². The molecule has 8 heteroatoms. The van der Waals surface area contributed by atoms with Crippen molar-refractivity contribution >= 4 is 39.5 Å². The van der Waals surface area contributed by atoms with Gasteiger partial charge in [-0.15, -0.1) is 11.3 Å². The second-order valence-corrected chi connectivity index (χ2v) is 6.30. The van der Waals surface area contributed by atoms with Gasteiger partial charge in [-0.3, -0.25) is 14.3 Å². The minimum Gasteiger partial charge on any atom is -0.273 e. The smallest absolute Gasteiger partial charge is 0.200 e. The van der Waals surface area contributed by atoms with Crippen molar-refractivity contribution in [1.82, 2.24) is 24.5 Å². The molecule has 0 spiro atoms. The van der Waals surface area contributed by atoms with E-state index in [2.05, 4.69) is 31.2 Å². The fraction of sp³-hybridized carbons (Fsp3) is 0.182. The lowest BCUT2D eigenvalue weighted by Crippen LogP contribution is -1.97. The molecule has 3 rings (SSSR count). The molecule has 0 saturated heterocycles. The molecule has 0 bridgehead atoms. The minimum absolute atomic E-state index is 0.565. The number of rotatable bonds is 2. The molecule has 0 atom stereocenters. The van der Waals surface area contributed by atoms with Gasteiger partial charge in [-0.25, -0.2) is 0 Å². The number of hydrogen-bond acceptors (Lipinski definition) is 4. The second kappa shape index (κ2) is 4.69. The molecule has 0 aliphatic carbocycles. The lowest BCUT2D eigenvalue weighted by molar-refractivity contribution is 0.756. The molecule has 0 amide bonds. The quantitative estimate of drug-likeness (QED) is 0.716. The van der Waals surface area contributed by atoms with Crippen LogP contribution in [0.5, 0.6) is 0 Å². The SMILES string of the molecule is Cc1nn(C)cc1-n1c(-c2cc(Br)cs2)n[nH]c1=S. The number of aryl methyl sites for hydroxylation is 2. The van der Waals surface area contributed by atoms with Gasteiger partial charge in [-0.2, -0.15) is 10.2 Å². The van der Waals surface area contributed by atoms with Crippen LogP contribution in [-0.4, -0.2) is 24.5 Å². The van der Waals surface area contributed by atoms with Crippen molar-refractivity contribution in [2.75, 3.05) is 0 Å². The zero-order valence-corrected chi connectivity index (χ0v) is 13.4. The normalized spacial score (nSPS) is 11.1. The Morgan fingerprint density at radius 1 is 1.47 bits per heavy atom. The Labute approximate surface area is 127 Å². The third kappa shape index (κ3) is 2.19. The molecular weight excluding hydrogens is 346 g/mol. The first-order valence-corrected chi connectivity index (χ1v) is 7.57. The summed E-state index contributed by atoms with van der Waals surface area (Å²) in [5.41, 5.74) is 1.86. The maximum Gasteiger partial charge on any atom is 0.200 e. The first-order chi connectivity index (χ1) is 9.06. The summed E-state index contributed by atoms with van der Waals surface area (Å²) >= 11 is 10.4. The average molecular weight is 356 g/mol. The van der Waals surface area contributed by atoms with E-state index in [1.807, 2.05) is 36.2 Å². The first-order valence-electron chi connectivity index (χ1n) is 5.48. The van der Waals surface area contributed by atoms with Crippen LogP contribution in [0.15, 0.2) is 22.1 Å². The van der Waals surface area contributed by atoms with Gasteiger partial charge in [0.05, 0.1) is 16.3 Å². The number of thiophene rings is 1. The minimum atomic E-state index is 0.565. The van der Waals surface area contributed by atoms with E-state index in [-0.39, 0.29) is 0 Å². The van der Waals surface area contributed by atoms with Gasteiger partial charge in [-0.1, -0.05) is 0 Å². The summed E-state index contributed by atoms with van der Waals surface area (Å²) in [6.07, 6.45) is 1.94. The van der Waals surface area contributed by atoms with Gasteiger partial charge < -0.3 is 0 Å². The Balaban J connectivity index is 2.25. The molecule has 0 saturated carbocycles. The van der Waals surface area contributed by atoms with Crippen molar-refractivity contribution < 1.29 is 0 Å². The molecule has 0 aliphatic heterocycles. The lowest BCUT2D eigenvalue weighted by Gasteiger charge is -2.02. The summed E-state index contributed by atoms with van der Waals surface area (Å²) in [6.45, 7) is 1.96. The zero-order valence-electron chi connectivity index (χ0n) is 10.2. The highest BCUT2D eigenvalue weighted by Gasteiger charge is 2.15. The van der Waals surface area contributed by atoms with Gasteiger partial charge >= 0.3 is 0 Å². The Bertz CT molecular complexity index is 794. The van der Waals surface area contributed by atoms with Crippen LogP contribution >= 0.6 is 39.5 Å². The van der Waals surface area contributed by atoms with Crippen LogP contribution in [0.4, 0.5) is 0 Å². The van der Waals surface area contributed by atoms with Crippen LogP contribution in [0.1, 0.15) is 5.69 Å². The predicted octanol–water partition coefficient (Wildman–Crippen LogP) is 3.46. The van der Waals surface area contributed by atoms with Gasteiger partial charge in [0, 0.05) is 23.1 Å². The Morgan fingerprint density at radius 3 is 2.84 bits per heavy atom. The van der Waals surface area contributed by atoms with E-state index < -0.39 is 0 Å². The molecular formula is C11H10BrN5S2. The molecule has 0 aliphatic rings. The highest BCUT2D eigenvalue weighted by Crippen LogP contribution is 2.30. The summed E-state index contributed by atoms with van der Waals surface area (Å²) in [4.78, 5) is 1.04. The molecule has 19 heavy (non-hydrogen) atoms. The fourth-order valence-corrected chi connectivity index (χ4v) is 3.56. The third-order valence-electron chi connectivity index (χ3n) is 2.69. The van der Waals surface area contributed by atoms with Crippen LogP contribution in [0, 0.1) is 11.7 Å². The van der Waals surface area contributed by atoms with Gasteiger partial charge in [0.25, 0.3) is 0 Å². The summed E-state index contributed by atoms with van der Waals surface area (Å²) < 4.78 is 5.29. The maximum atomic E-state index is 5.33. The molecule has 5 nitrogen and oxygen atoms in total. The standard InChI is InChI=1S/C11H10BrN5S2/c1-6-8(4-16(2)15-6)17-10(13-14-11(17)18)9-3-7(12)5-19-9/h3-5H,1-2H3,(H,14,18). The number of H-pyrrole nitrogens is 1. The van der Waals surface area contributed by atoms with Gasteiger partial charge in [0.15, 0.2) is 10.6 Å². The van der Waals surface area contributed by atoms with E-state index >= 15 is 0 Å². The summed E-state index contributed by atoms with van der Waals surface area (Å²) in [5, 5.41) is 13.5. The molecule has 1 N–H and O–H groups in total. The molecule has 0 radical (unpaired) electrons. The summed E-state index contributed by atoms with van der Waals surface area (Å²) in [5.74, 6) is 0.803. The number of nitrogens with zero attached hydrogens (tertiary/aromatic N) is 4. The van der Waals surface area contributed by atoms with E-state index in [1.54, 1.807) is 16.0 Å². The highest BCUT2D eigenvalue weighted by atomic mass is 79.9. The Hall–Kier alpha value is -1.25. The van der Waals surface area contributed by atoms with Crippen molar-refractivity contribution in [3.63, 3.8) is 0 Å². The largest absolute Gasteiger partial charge is 0.273 e. The lowest BCUT2D eigenvalue weighted by atomic mass is 10.3. The fourth-order valence-electron chi connectivity index (χ4n) is 1.92. The third-order valence-corrected chi connectivity index (χ3v) is 4.65. The molecule has 0 aromatic carbocycles. The van der Waals surface area contributed by atoms with Gasteiger partial charge in [0.1, 0.15) is 0 Å². The van der Waals surface area contributed by atoms with Crippen LogP contribution < -0.4 is 0 Å². The Morgan fingerprint density at radius 2 is 2.26 bits per heavy atom. The van der Waals surface area contributed by atoms with E-state index in [9.17, 15) is 0 Å². The van der Waals surface area contributed by atoms with Crippen LogP contribution in [-0.2, 0) is 7.05 Å². The van der Waals surface area contributed by atoms with E-state index in [0.717, 1.165) is 26.6 Å². The number of aromatic amines is 1. The molecule has 3 aromatic rings. The van der Waals surface area contributed by atoms with Gasteiger partial charge in [0.2, 0.25) is 0 Å². The molecule has 3 heterocycles. The van der Waals surface area contributed by atoms with Gasteiger partial charge in [-0.05, 0) is 41.1 Å². The molecule has 3 aromatic heterocycles. The Kier molecular flexibility index (Phi) is 3.15. The summed E-state index contributed by atoms with van der Waals surface area (Å²) in [7, 11) is 1.89. The monoisotopic (exact) mass is 355 g/mol.